The van der Waals surface area contributed by atoms with Gasteiger partial charge in [0.05, 0.1) is 11.9 Å². The highest BCUT2D eigenvalue weighted by atomic mass is 16.1. The SMILES string of the molecule is O=Cc1cnc(Cc2ccc(-c3ccccc3-c3nnn[nH]3)cc2)[nH]1. The van der Waals surface area contributed by atoms with Crippen molar-refractivity contribution in [1.29, 1.82) is 0 Å². The average Bonchev–Trinajstić information content (AvgIpc) is 3.34. The summed E-state index contributed by atoms with van der Waals surface area (Å²) in [5.74, 6) is 1.40. The lowest BCUT2D eigenvalue weighted by atomic mass is 9.98. The first-order chi connectivity index (χ1) is 12.3. The molecule has 0 atom stereocenters. The summed E-state index contributed by atoms with van der Waals surface area (Å²) < 4.78 is 0. The highest BCUT2D eigenvalue weighted by Gasteiger charge is 2.10. The van der Waals surface area contributed by atoms with E-state index in [1.807, 2.05) is 36.4 Å². The van der Waals surface area contributed by atoms with Gasteiger partial charge >= 0.3 is 0 Å². The summed E-state index contributed by atoms with van der Waals surface area (Å²) >= 11 is 0. The number of benzene rings is 2. The minimum absolute atomic E-state index is 0.487. The molecule has 2 heterocycles. The van der Waals surface area contributed by atoms with Crippen molar-refractivity contribution < 1.29 is 4.79 Å². The Balaban J connectivity index is 1.62. The monoisotopic (exact) mass is 330 g/mol. The van der Waals surface area contributed by atoms with Crippen LogP contribution in [-0.4, -0.2) is 36.9 Å². The third-order valence-electron chi connectivity index (χ3n) is 3.94. The fourth-order valence-corrected chi connectivity index (χ4v) is 2.74. The molecule has 0 fully saturated rings. The number of hydrogen-bond acceptors (Lipinski definition) is 5. The summed E-state index contributed by atoms with van der Waals surface area (Å²) in [5.41, 5.74) is 4.66. The Bertz CT molecular complexity index is 989. The maximum Gasteiger partial charge on any atom is 0.180 e. The van der Waals surface area contributed by atoms with Gasteiger partial charge < -0.3 is 4.98 Å². The van der Waals surface area contributed by atoms with E-state index in [2.05, 4.69) is 42.7 Å². The molecule has 0 radical (unpaired) electrons. The van der Waals surface area contributed by atoms with E-state index >= 15 is 0 Å². The van der Waals surface area contributed by atoms with Crippen molar-refractivity contribution >= 4 is 6.29 Å². The van der Waals surface area contributed by atoms with E-state index in [1.54, 1.807) is 6.20 Å². The number of hydrogen-bond donors (Lipinski definition) is 2. The first-order valence-electron chi connectivity index (χ1n) is 7.75. The van der Waals surface area contributed by atoms with Gasteiger partial charge in [0.1, 0.15) is 5.82 Å². The van der Waals surface area contributed by atoms with Gasteiger partial charge in [-0.3, -0.25) is 4.79 Å². The summed E-state index contributed by atoms with van der Waals surface area (Å²) in [6.45, 7) is 0. The Morgan fingerprint density at radius 3 is 2.48 bits per heavy atom. The predicted molar refractivity (Wildman–Crippen MR) is 91.8 cm³/mol. The molecular formula is C18H14N6O. The number of rotatable bonds is 5. The lowest BCUT2D eigenvalue weighted by Gasteiger charge is -2.08. The van der Waals surface area contributed by atoms with E-state index in [1.165, 1.54) is 0 Å². The minimum atomic E-state index is 0.487. The lowest BCUT2D eigenvalue weighted by Crippen LogP contribution is -1.92. The van der Waals surface area contributed by atoms with E-state index < -0.39 is 0 Å². The molecule has 2 N–H and O–H groups in total. The number of aromatic amines is 2. The molecule has 7 heteroatoms. The fraction of sp³-hybridized carbons (Fsp3) is 0.0556. The number of aldehydes is 1. The van der Waals surface area contributed by atoms with Crippen LogP contribution in [0.2, 0.25) is 0 Å². The normalized spacial score (nSPS) is 10.7. The summed E-state index contributed by atoms with van der Waals surface area (Å²) in [6, 6.07) is 16.2. The number of carbonyl (C=O) groups is 1. The molecule has 0 saturated carbocycles. The van der Waals surface area contributed by atoms with Gasteiger partial charge in [-0.15, -0.1) is 5.10 Å². The zero-order chi connectivity index (χ0) is 17.1. The summed E-state index contributed by atoms with van der Waals surface area (Å²) in [6.07, 6.45) is 2.94. The summed E-state index contributed by atoms with van der Waals surface area (Å²) in [4.78, 5) is 17.9. The minimum Gasteiger partial charge on any atom is -0.340 e. The van der Waals surface area contributed by atoms with Crippen LogP contribution in [0.5, 0.6) is 0 Å². The molecule has 0 aliphatic rings. The van der Waals surface area contributed by atoms with Crippen LogP contribution in [-0.2, 0) is 6.42 Å². The first kappa shape index (κ1) is 14.9. The van der Waals surface area contributed by atoms with Crippen LogP contribution in [0.1, 0.15) is 21.9 Å². The lowest BCUT2D eigenvalue weighted by molar-refractivity contribution is 0.111. The van der Waals surface area contributed by atoms with Crippen LogP contribution in [0.3, 0.4) is 0 Å². The van der Waals surface area contributed by atoms with Crippen molar-refractivity contribution in [1.82, 2.24) is 30.6 Å². The molecule has 2 aromatic carbocycles. The standard InChI is InChI=1S/C18H14N6O/c25-11-14-10-19-17(20-14)9-12-5-7-13(8-6-12)15-3-1-2-4-16(15)18-21-23-24-22-18/h1-8,10-11H,9H2,(H,19,20)(H,21,22,23,24). The molecule has 4 aromatic rings. The molecule has 0 amide bonds. The highest BCUT2D eigenvalue weighted by molar-refractivity contribution is 5.80. The molecule has 0 saturated heterocycles. The number of nitrogens with zero attached hydrogens (tertiary/aromatic N) is 4. The number of carbonyl (C=O) groups excluding carboxylic acids is 1. The molecule has 122 valence electrons. The van der Waals surface area contributed by atoms with Crippen LogP contribution < -0.4 is 0 Å². The Morgan fingerprint density at radius 2 is 1.80 bits per heavy atom. The molecule has 2 aromatic heterocycles. The van der Waals surface area contributed by atoms with E-state index in [4.69, 9.17) is 0 Å². The quantitative estimate of drug-likeness (QED) is 0.548. The zero-order valence-corrected chi connectivity index (χ0v) is 13.2. The molecule has 0 aliphatic heterocycles. The van der Waals surface area contributed by atoms with E-state index in [9.17, 15) is 4.79 Å². The Hall–Kier alpha value is -3.61. The van der Waals surface area contributed by atoms with Gasteiger partial charge in [-0.25, -0.2) is 10.1 Å². The van der Waals surface area contributed by atoms with E-state index in [0.717, 1.165) is 34.4 Å². The van der Waals surface area contributed by atoms with Crippen molar-refractivity contribution in [2.24, 2.45) is 0 Å². The average molecular weight is 330 g/mol. The van der Waals surface area contributed by atoms with Gasteiger partial charge in [-0.05, 0) is 27.1 Å². The van der Waals surface area contributed by atoms with Gasteiger partial charge in [0.25, 0.3) is 0 Å². The maximum atomic E-state index is 10.7. The predicted octanol–water partition coefficient (Wildman–Crippen LogP) is 2.66. The second kappa shape index (κ2) is 6.48. The highest BCUT2D eigenvalue weighted by Crippen LogP contribution is 2.29. The smallest absolute Gasteiger partial charge is 0.180 e. The van der Waals surface area contributed by atoms with E-state index in [-0.39, 0.29) is 0 Å². The number of aromatic nitrogens is 6. The van der Waals surface area contributed by atoms with Crippen LogP contribution in [0.25, 0.3) is 22.5 Å². The van der Waals surface area contributed by atoms with Crippen molar-refractivity contribution in [2.75, 3.05) is 0 Å². The zero-order valence-electron chi connectivity index (χ0n) is 13.2. The third kappa shape index (κ3) is 3.07. The fourth-order valence-electron chi connectivity index (χ4n) is 2.74. The van der Waals surface area contributed by atoms with E-state index in [0.29, 0.717) is 17.9 Å². The molecule has 7 nitrogen and oxygen atoms in total. The van der Waals surface area contributed by atoms with Gasteiger partial charge in [-0.2, -0.15) is 0 Å². The van der Waals surface area contributed by atoms with Crippen LogP contribution in [0.15, 0.2) is 54.7 Å². The number of imidazole rings is 1. The van der Waals surface area contributed by atoms with Gasteiger partial charge in [0.15, 0.2) is 12.1 Å². The van der Waals surface area contributed by atoms with Crippen molar-refractivity contribution in [2.45, 2.75) is 6.42 Å². The summed E-state index contributed by atoms with van der Waals surface area (Å²) in [5, 5.41) is 14.1. The molecule has 0 spiro atoms. The maximum absolute atomic E-state index is 10.7. The van der Waals surface area contributed by atoms with Gasteiger partial charge in [0.2, 0.25) is 0 Å². The Labute approximate surface area is 143 Å². The Morgan fingerprint density at radius 1 is 1.00 bits per heavy atom. The molecular weight excluding hydrogens is 316 g/mol. The molecule has 0 unspecified atom stereocenters. The van der Waals surface area contributed by atoms with Crippen LogP contribution in [0.4, 0.5) is 0 Å². The molecule has 0 aliphatic carbocycles. The topological polar surface area (TPSA) is 100 Å². The second-order valence-electron chi connectivity index (χ2n) is 5.57. The van der Waals surface area contributed by atoms with Crippen molar-refractivity contribution in [3.8, 4) is 22.5 Å². The van der Waals surface area contributed by atoms with Crippen LogP contribution >= 0.6 is 0 Å². The first-order valence-corrected chi connectivity index (χ1v) is 7.75. The number of tetrazole rings is 1. The largest absolute Gasteiger partial charge is 0.340 e. The van der Waals surface area contributed by atoms with Gasteiger partial charge in [-0.1, -0.05) is 48.5 Å². The number of nitrogens with one attached hydrogen (secondary N) is 2. The van der Waals surface area contributed by atoms with Gasteiger partial charge in [0, 0.05) is 12.0 Å². The molecule has 0 bridgehead atoms. The van der Waals surface area contributed by atoms with Crippen molar-refractivity contribution in [3.05, 3.63) is 71.8 Å². The second-order valence-corrected chi connectivity index (χ2v) is 5.57. The Kier molecular flexibility index (Phi) is 3.88. The molecule has 4 rings (SSSR count). The number of H-pyrrole nitrogens is 2. The summed E-state index contributed by atoms with van der Waals surface area (Å²) in [7, 11) is 0. The third-order valence-corrected chi connectivity index (χ3v) is 3.94. The van der Waals surface area contributed by atoms with Crippen LogP contribution in [0, 0.1) is 0 Å². The van der Waals surface area contributed by atoms with Crippen molar-refractivity contribution in [3.63, 3.8) is 0 Å². The molecule has 25 heavy (non-hydrogen) atoms.